The van der Waals surface area contributed by atoms with Gasteiger partial charge in [-0.05, 0) is 0 Å². The van der Waals surface area contributed by atoms with Gasteiger partial charge < -0.3 is 10.2 Å². The molecule has 2 aromatic rings. The molecule has 2 N–H and O–H groups in total. The van der Waals surface area contributed by atoms with Crippen LogP contribution in [0.1, 0.15) is 0 Å². The number of hydrogen-bond acceptors (Lipinski definition) is 7. The van der Waals surface area contributed by atoms with E-state index in [2.05, 4.69) is 15.0 Å². The highest BCUT2D eigenvalue weighted by Crippen LogP contribution is 2.31. The summed E-state index contributed by atoms with van der Waals surface area (Å²) in [5.41, 5.74) is -1.44. The molecule has 0 saturated carbocycles. The van der Waals surface area contributed by atoms with E-state index in [1.54, 1.807) is 0 Å². The van der Waals surface area contributed by atoms with Gasteiger partial charge in [0.1, 0.15) is 0 Å². The van der Waals surface area contributed by atoms with Crippen LogP contribution in [0, 0.1) is 29.1 Å². The maximum atomic E-state index is 14.0. The third kappa shape index (κ3) is 4.82. The molecule has 14 heteroatoms. The third-order valence-corrected chi connectivity index (χ3v) is 4.34. The van der Waals surface area contributed by atoms with Crippen molar-refractivity contribution in [2.75, 3.05) is 11.5 Å². The molecule has 0 bridgehead atoms. The van der Waals surface area contributed by atoms with Gasteiger partial charge in [0.05, 0.1) is 17.1 Å². The molecular weight excluding hydrogens is 421 g/mol. The van der Waals surface area contributed by atoms with Crippen LogP contribution in [-0.4, -0.2) is 48.6 Å². The number of benzene rings is 1. The number of carboxylic acids is 2. The Hall–Kier alpha value is -2.48. The van der Waals surface area contributed by atoms with Crippen molar-refractivity contribution in [2.45, 2.75) is 10.3 Å². The molecule has 0 atom stereocenters. The van der Waals surface area contributed by atoms with E-state index < -0.39 is 74.2 Å². The summed E-state index contributed by atoms with van der Waals surface area (Å²) in [4.78, 5) is 32.0. The van der Waals surface area contributed by atoms with E-state index in [0.717, 1.165) is 0 Å². The number of rotatable bonds is 7. The van der Waals surface area contributed by atoms with Gasteiger partial charge in [-0.2, -0.15) is 4.98 Å². The zero-order valence-corrected chi connectivity index (χ0v) is 14.3. The monoisotopic (exact) mass is 427 g/mol. The van der Waals surface area contributed by atoms with E-state index in [4.69, 9.17) is 10.2 Å². The van der Waals surface area contributed by atoms with Crippen molar-refractivity contribution in [3.63, 3.8) is 0 Å². The number of carboxylic acid groups (broad SMARTS) is 2. The van der Waals surface area contributed by atoms with E-state index in [1.165, 1.54) is 0 Å². The topological polar surface area (TPSA) is 113 Å². The highest BCUT2D eigenvalue weighted by molar-refractivity contribution is 8.00. The first-order valence-corrected chi connectivity index (χ1v) is 8.56. The molecule has 0 fully saturated rings. The number of halogens is 5. The van der Waals surface area contributed by atoms with Gasteiger partial charge in [0.25, 0.3) is 0 Å². The number of aromatic nitrogens is 3. The van der Waals surface area contributed by atoms with Gasteiger partial charge in [0.15, 0.2) is 39.4 Å². The summed E-state index contributed by atoms with van der Waals surface area (Å²) in [6.07, 6.45) is 0. The molecule has 1 aromatic carbocycles. The van der Waals surface area contributed by atoms with Crippen molar-refractivity contribution in [3.8, 4) is 11.4 Å². The van der Waals surface area contributed by atoms with Crippen LogP contribution in [0.15, 0.2) is 10.3 Å². The van der Waals surface area contributed by atoms with Crippen molar-refractivity contribution < 1.29 is 41.8 Å². The molecule has 0 aliphatic carbocycles. The lowest BCUT2D eigenvalue weighted by Gasteiger charge is -2.09. The molecule has 27 heavy (non-hydrogen) atoms. The zero-order chi connectivity index (χ0) is 20.3. The van der Waals surface area contributed by atoms with Gasteiger partial charge >= 0.3 is 11.9 Å². The second-order valence-electron chi connectivity index (χ2n) is 4.53. The smallest absolute Gasteiger partial charge is 0.313 e. The molecule has 0 saturated heterocycles. The lowest BCUT2D eigenvalue weighted by molar-refractivity contribution is -0.134. The number of thioether (sulfide) groups is 2. The first-order valence-electron chi connectivity index (χ1n) is 6.58. The lowest BCUT2D eigenvalue weighted by atomic mass is 10.1. The first kappa shape index (κ1) is 20.8. The van der Waals surface area contributed by atoms with E-state index in [-0.39, 0.29) is 0 Å². The van der Waals surface area contributed by atoms with Gasteiger partial charge in [-0.25, -0.2) is 31.9 Å². The summed E-state index contributed by atoms with van der Waals surface area (Å²) < 4.78 is 67.9. The summed E-state index contributed by atoms with van der Waals surface area (Å²) in [6, 6.07) is 0. The maximum Gasteiger partial charge on any atom is 0.313 e. The molecule has 0 amide bonds. The van der Waals surface area contributed by atoms with Crippen molar-refractivity contribution in [3.05, 3.63) is 29.1 Å². The number of aliphatic carboxylic acids is 2. The highest BCUT2D eigenvalue weighted by atomic mass is 32.2. The van der Waals surface area contributed by atoms with E-state index in [0.29, 0.717) is 23.5 Å². The fraction of sp³-hybridized carbons (Fsp3) is 0.154. The fourth-order valence-electron chi connectivity index (χ4n) is 1.63. The largest absolute Gasteiger partial charge is 0.481 e. The Morgan fingerprint density at radius 1 is 0.704 bits per heavy atom. The van der Waals surface area contributed by atoms with E-state index in [9.17, 15) is 31.5 Å². The average Bonchev–Trinajstić information content (AvgIpc) is 2.61. The van der Waals surface area contributed by atoms with Crippen LogP contribution in [0.3, 0.4) is 0 Å². The summed E-state index contributed by atoms with van der Waals surface area (Å²) in [5.74, 6) is -15.9. The number of hydrogen-bond donors (Lipinski definition) is 2. The van der Waals surface area contributed by atoms with Crippen molar-refractivity contribution in [2.24, 2.45) is 0 Å². The molecule has 7 nitrogen and oxygen atoms in total. The molecule has 2 rings (SSSR count). The fourth-order valence-corrected chi connectivity index (χ4v) is 2.80. The van der Waals surface area contributed by atoms with Crippen LogP contribution in [0.5, 0.6) is 0 Å². The molecule has 0 aliphatic heterocycles. The van der Waals surface area contributed by atoms with Gasteiger partial charge in [-0.15, -0.1) is 0 Å². The van der Waals surface area contributed by atoms with Crippen LogP contribution in [-0.2, 0) is 9.59 Å². The molecule has 0 radical (unpaired) electrons. The SMILES string of the molecule is O=C(O)CSc1nc(SCC(=O)O)nc(-c2c(F)c(F)c(F)c(F)c2F)n1. The van der Waals surface area contributed by atoms with Gasteiger partial charge in [-0.1, -0.05) is 23.5 Å². The Morgan fingerprint density at radius 3 is 1.44 bits per heavy atom. The van der Waals surface area contributed by atoms with E-state index in [1.807, 2.05) is 0 Å². The highest BCUT2D eigenvalue weighted by Gasteiger charge is 2.29. The van der Waals surface area contributed by atoms with Crippen LogP contribution in [0.25, 0.3) is 11.4 Å². The molecular formula is C13H6F5N3O4S2. The first-order chi connectivity index (χ1) is 12.6. The summed E-state index contributed by atoms with van der Waals surface area (Å²) in [7, 11) is 0. The minimum absolute atomic E-state index is 0.403. The standard InChI is InChI=1S/C13H6F5N3O4S2/c14-6-5(7(15)9(17)10(18)8(6)16)11-19-12(26-1-3(22)23)21-13(20-11)27-2-4(24)25/h1-2H2,(H,22,23)(H,24,25). The maximum absolute atomic E-state index is 14.0. The Labute approximate surface area is 155 Å². The molecule has 144 valence electrons. The van der Waals surface area contributed by atoms with Crippen LogP contribution in [0.2, 0.25) is 0 Å². The quantitative estimate of drug-likeness (QED) is 0.298. The van der Waals surface area contributed by atoms with Gasteiger partial charge in [0.2, 0.25) is 5.82 Å². The molecule has 1 aromatic heterocycles. The Morgan fingerprint density at radius 2 is 1.07 bits per heavy atom. The Bertz CT molecular complexity index is 866. The lowest BCUT2D eigenvalue weighted by Crippen LogP contribution is -2.09. The van der Waals surface area contributed by atoms with Crippen molar-refractivity contribution in [1.82, 2.24) is 15.0 Å². The minimum atomic E-state index is -2.37. The second kappa shape index (κ2) is 8.47. The van der Waals surface area contributed by atoms with Crippen LogP contribution >= 0.6 is 23.5 Å². The summed E-state index contributed by atoms with van der Waals surface area (Å²) >= 11 is 0.960. The average molecular weight is 427 g/mol. The Balaban J connectivity index is 2.61. The Kier molecular flexibility index (Phi) is 6.54. The number of nitrogens with zero attached hydrogens (tertiary/aromatic N) is 3. The zero-order valence-electron chi connectivity index (χ0n) is 12.7. The van der Waals surface area contributed by atoms with Crippen molar-refractivity contribution >= 4 is 35.5 Å². The molecule has 1 heterocycles. The minimum Gasteiger partial charge on any atom is -0.481 e. The van der Waals surface area contributed by atoms with E-state index >= 15 is 0 Å². The normalized spacial score (nSPS) is 10.9. The predicted molar refractivity (Wildman–Crippen MR) is 81.8 cm³/mol. The van der Waals surface area contributed by atoms with Gasteiger partial charge in [0, 0.05) is 0 Å². The summed E-state index contributed by atoms with van der Waals surface area (Å²) in [5, 5.41) is 16.5. The molecule has 0 spiro atoms. The molecule has 0 unspecified atom stereocenters. The van der Waals surface area contributed by atoms with Crippen LogP contribution < -0.4 is 0 Å². The van der Waals surface area contributed by atoms with Crippen LogP contribution in [0.4, 0.5) is 22.0 Å². The van der Waals surface area contributed by atoms with Gasteiger partial charge in [-0.3, -0.25) is 9.59 Å². The predicted octanol–water partition coefficient (Wildman–Crippen LogP) is 2.59. The summed E-state index contributed by atoms with van der Waals surface area (Å²) in [6.45, 7) is 0. The van der Waals surface area contributed by atoms with Crippen molar-refractivity contribution in [1.29, 1.82) is 0 Å². The third-order valence-electron chi connectivity index (χ3n) is 2.68. The molecule has 0 aliphatic rings. The second-order valence-corrected chi connectivity index (χ2v) is 6.42. The number of carbonyl (C=O) groups is 2.